The fraction of sp³-hybridized carbons (Fsp3) is 0.619. The fourth-order valence-corrected chi connectivity index (χ4v) is 6.11. The summed E-state index contributed by atoms with van der Waals surface area (Å²) in [4.78, 5) is 0. The van der Waals surface area contributed by atoms with Crippen LogP contribution in [0.15, 0.2) is 30.9 Å². The van der Waals surface area contributed by atoms with Crippen LogP contribution in [-0.2, 0) is 6.42 Å². The summed E-state index contributed by atoms with van der Waals surface area (Å²) in [6.45, 7) is 6.68. The van der Waals surface area contributed by atoms with Crippen LogP contribution in [0.3, 0.4) is 0 Å². The molecule has 0 N–H and O–H groups in total. The molecule has 118 valence electrons. The van der Waals surface area contributed by atoms with E-state index in [2.05, 4.69) is 37.8 Å². The van der Waals surface area contributed by atoms with Crippen LogP contribution >= 0.6 is 0 Å². The Kier molecular flexibility index (Phi) is 3.36. The molecule has 3 aliphatic rings. The maximum atomic E-state index is 5.42. The number of rotatable bonds is 2. The summed E-state index contributed by atoms with van der Waals surface area (Å²) in [5.41, 5.74) is 3.69. The standard InChI is InChI=1S/C21H28O/c1-4-15-6-10-20-19-8-5-14-13-16(22-3)7-9-17(14)18(19)11-12-21(15,20)2/h4,7,9,13,15,18-20H,1,5-6,8,10-12H2,2-3H3/t15-,18+,19+,20-,21+/m0/s1. The molecule has 0 aromatic heterocycles. The Morgan fingerprint density at radius 3 is 2.86 bits per heavy atom. The molecule has 4 rings (SSSR count). The number of benzene rings is 1. The van der Waals surface area contributed by atoms with Gasteiger partial charge in [0.2, 0.25) is 0 Å². The first-order valence-corrected chi connectivity index (χ1v) is 8.96. The Morgan fingerprint density at radius 1 is 1.23 bits per heavy atom. The van der Waals surface area contributed by atoms with Gasteiger partial charge in [0.1, 0.15) is 5.75 Å². The van der Waals surface area contributed by atoms with Crippen molar-refractivity contribution in [2.75, 3.05) is 7.11 Å². The lowest BCUT2D eigenvalue weighted by atomic mass is 9.54. The van der Waals surface area contributed by atoms with E-state index in [4.69, 9.17) is 4.74 Å². The van der Waals surface area contributed by atoms with Gasteiger partial charge in [0.25, 0.3) is 0 Å². The smallest absolute Gasteiger partial charge is 0.119 e. The summed E-state index contributed by atoms with van der Waals surface area (Å²) in [6, 6.07) is 6.80. The van der Waals surface area contributed by atoms with E-state index in [-0.39, 0.29) is 0 Å². The van der Waals surface area contributed by atoms with Gasteiger partial charge in [-0.3, -0.25) is 0 Å². The number of ether oxygens (including phenoxy) is 1. The van der Waals surface area contributed by atoms with Crippen LogP contribution in [0.2, 0.25) is 0 Å². The van der Waals surface area contributed by atoms with Crippen molar-refractivity contribution in [1.82, 2.24) is 0 Å². The molecule has 0 amide bonds. The van der Waals surface area contributed by atoms with Gasteiger partial charge in [-0.05, 0) is 90.9 Å². The highest BCUT2D eigenvalue weighted by molar-refractivity contribution is 5.40. The van der Waals surface area contributed by atoms with Gasteiger partial charge in [-0.25, -0.2) is 0 Å². The predicted molar refractivity (Wildman–Crippen MR) is 91.3 cm³/mol. The molecule has 0 radical (unpaired) electrons. The van der Waals surface area contributed by atoms with Crippen LogP contribution in [0, 0.1) is 23.2 Å². The van der Waals surface area contributed by atoms with Crippen molar-refractivity contribution in [2.45, 2.75) is 51.4 Å². The van der Waals surface area contributed by atoms with Crippen molar-refractivity contribution < 1.29 is 4.74 Å². The number of hydrogen-bond acceptors (Lipinski definition) is 1. The van der Waals surface area contributed by atoms with Gasteiger partial charge in [-0.15, -0.1) is 6.58 Å². The number of hydrogen-bond donors (Lipinski definition) is 0. The van der Waals surface area contributed by atoms with E-state index >= 15 is 0 Å². The van der Waals surface area contributed by atoms with Crippen molar-refractivity contribution in [1.29, 1.82) is 0 Å². The van der Waals surface area contributed by atoms with E-state index in [1.54, 1.807) is 18.2 Å². The number of methoxy groups -OCH3 is 1. The zero-order valence-corrected chi connectivity index (χ0v) is 14.0. The third kappa shape index (κ3) is 1.90. The second-order valence-corrected chi connectivity index (χ2v) is 7.94. The quantitative estimate of drug-likeness (QED) is 0.668. The second kappa shape index (κ2) is 5.15. The normalized spacial score (nSPS) is 39.5. The first-order valence-electron chi connectivity index (χ1n) is 8.96. The lowest BCUT2D eigenvalue weighted by Gasteiger charge is -2.50. The molecular formula is C21H28O. The second-order valence-electron chi connectivity index (χ2n) is 7.94. The van der Waals surface area contributed by atoms with Crippen LogP contribution < -0.4 is 4.74 Å². The van der Waals surface area contributed by atoms with E-state index in [0.717, 1.165) is 29.4 Å². The molecule has 0 aliphatic heterocycles. The SMILES string of the molecule is C=C[C@H]1CC[C@H]2[C@@H]3CCc4cc(OC)ccc4[C@H]3CC[C@]12C. The highest BCUT2D eigenvalue weighted by Crippen LogP contribution is 2.63. The van der Waals surface area contributed by atoms with Gasteiger partial charge >= 0.3 is 0 Å². The Bertz CT molecular complexity index is 590. The Hall–Kier alpha value is -1.24. The molecule has 0 unspecified atom stereocenters. The molecule has 1 heteroatoms. The van der Waals surface area contributed by atoms with E-state index in [1.807, 2.05) is 0 Å². The summed E-state index contributed by atoms with van der Waals surface area (Å²) < 4.78 is 5.42. The maximum Gasteiger partial charge on any atom is 0.119 e. The van der Waals surface area contributed by atoms with Crippen molar-refractivity contribution in [2.24, 2.45) is 23.2 Å². The van der Waals surface area contributed by atoms with Gasteiger partial charge in [0.15, 0.2) is 0 Å². The minimum absolute atomic E-state index is 0.521. The molecule has 0 saturated heterocycles. The summed E-state index contributed by atoms with van der Waals surface area (Å²) in [5.74, 6) is 4.35. The molecule has 5 atom stereocenters. The lowest BCUT2D eigenvalue weighted by molar-refractivity contribution is 0.0410. The third-order valence-electron chi connectivity index (χ3n) is 7.29. The summed E-state index contributed by atoms with van der Waals surface area (Å²) in [6.07, 6.45) is 10.4. The number of aryl methyl sites for hydroxylation is 1. The zero-order chi connectivity index (χ0) is 15.3. The average molecular weight is 296 g/mol. The summed E-state index contributed by atoms with van der Waals surface area (Å²) >= 11 is 0. The number of allylic oxidation sites excluding steroid dienone is 1. The fourth-order valence-electron chi connectivity index (χ4n) is 6.11. The predicted octanol–water partition coefficient (Wildman–Crippen LogP) is 5.35. The van der Waals surface area contributed by atoms with Crippen molar-refractivity contribution in [3.63, 3.8) is 0 Å². The Labute approximate surface area is 134 Å². The van der Waals surface area contributed by atoms with E-state index in [0.29, 0.717) is 5.41 Å². The highest BCUT2D eigenvalue weighted by Gasteiger charge is 2.53. The van der Waals surface area contributed by atoms with Crippen LogP contribution in [0.5, 0.6) is 5.75 Å². The molecule has 22 heavy (non-hydrogen) atoms. The molecule has 1 aromatic rings. The molecule has 0 spiro atoms. The number of fused-ring (bicyclic) bond motifs is 5. The van der Waals surface area contributed by atoms with Gasteiger partial charge in [-0.2, -0.15) is 0 Å². The van der Waals surface area contributed by atoms with Gasteiger partial charge in [0, 0.05) is 0 Å². The third-order valence-corrected chi connectivity index (χ3v) is 7.29. The monoisotopic (exact) mass is 296 g/mol. The molecule has 2 saturated carbocycles. The van der Waals surface area contributed by atoms with E-state index in [9.17, 15) is 0 Å². The Morgan fingerprint density at radius 2 is 2.09 bits per heavy atom. The van der Waals surface area contributed by atoms with Crippen molar-refractivity contribution in [3.05, 3.63) is 42.0 Å². The first kappa shape index (κ1) is 14.4. The van der Waals surface area contributed by atoms with Crippen LogP contribution in [0.25, 0.3) is 0 Å². The zero-order valence-electron chi connectivity index (χ0n) is 14.0. The molecule has 1 nitrogen and oxygen atoms in total. The molecular weight excluding hydrogens is 268 g/mol. The minimum Gasteiger partial charge on any atom is -0.497 e. The molecule has 0 heterocycles. The molecule has 1 aromatic carbocycles. The molecule has 2 fully saturated rings. The van der Waals surface area contributed by atoms with Crippen molar-refractivity contribution in [3.8, 4) is 5.75 Å². The minimum atomic E-state index is 0.521. The van der Waals surface area contributed by atoms with Gasteiger partial charge < -0.3 is 4.74 Å². The summed E-state index contributed by atoms with van der Waals surface area (Å²) in [5, 5.41) is 0. The van der Waals surface area contributed by atoms with E-state index < -0.39 is 0 Å². The van der Waals surface area contributed by atoms with Crippen LogP contribution in [-0.4, -0.2) is 7.11 Å². The largest absolute Gasteiger partial charge is 0.497 e. The van der Waals surface area contributed by atoms with Crippen LogP contribution in [0.1, 0.15) is 56.1 Å². The molecule has 0 bridgehead atoms. The highest BCUT2D eigenvalue weighted by atomic mass is 16.5. The van der Waals surface area contributed by atoms with Crippen molar-refractivity contribution >= 4 is 0 Å². The van der Waals surface area contributed by atoms with Gasteiger partial charge in [-0.1, -0.05) is 19.1 Å². The van der Waals surface area contributed by atoms with E-state index in [1.165, 1.54) is 38.5 Å². The maximum absolute atomic E-state index is 5.42. The first-order chi connectivity index (χ1) is 10.7. The van der Waals surface area contributed by atoms with Gasteiger partial charge in [0.05, 0.1) is 7.11 Å². The summed E-state index contributed by atoms with van der Waals surface area (Å²) in [7, 11) is 1.77. The van der Waals surface area contributed by atoms with Crippen LogP contribution in [0.4, 0.5) is 0 Å². The Balaban J connectivity index is 1.67. The lowest BCUT2D eigenvalue weighted by Crippen LogP contribution is -2.41. The topological polar surface area (TPSA) is 9.23 Å². The average Bonchev–Trinajstić information content (AvgIpc) is 2.90. The molecule has 3 aliphatic carbocycles.